The van der Waals surface area contributed by atoms with E-state index >= 15 is 0 Å². The van der Waals surface area contributed by atoms with Crippen molar-refractivity contribution in [3.63, 3.8) is 0 Å². The third kappa shape index (κ3) is 5.23. The number of rotatable bonds is 9. The van der Waals surface area contributed by atoms with Crippen molar-refractivity contribution in [3.8, 4) is 11.8 Å². The molecule has 34 heavy (non-hydrogen) atoms. The number of fused-ring (bicyclic) bond motifs is 1. The molecule has 2 atom stereocenters. The second kappa shape index (κ2) is 10.1. The van der Waals surface area contributed by atoms with Gasteiger partial charge in [-0.05, 0) is 68.6 Å². The van der Waals surface area contributed by atoms with E-state index in [1.54, 1.807) is 12.1 Å². The van der Waals surface area contributed by atoms with Gasteiger partial charge in [0.05, 0.1) is 17.4 Å². The topological polar surface area (TPSA) is 125 Å². The van der Waals surface area contributed by atoms with Crippen LogP contribution in [0.2, 0.25) is 0 Å². The molecule has 0 bridgehead atoms. The number of nitrogens with one attached hydrogen (secondary N) is 3. The molecule has 0 saturated carbocycles. The van der Waals surface area contributed by atoms with Crippen LogP contribution in [0.4, 0.5) is 0 Å². The molecule has 2 aromatic carbocycles. The van der Waals surface area contributed by atoms with E-state index in [-0.39, 0.29) is 24.1 Å². The SMILES string of the molecule is CNS(=O)(=O)CCNC1CCc2c1cccc2C1N=C(c2ccc(OC(C)C)c(C#N)c2)ON1. The van der Waals surface area contributed by atoms with Crippen LogP contribution in [-0.2, 0) is 21.3 Å². The van der Waals surface area contributed by atoms with E-state index in [4.69, 9.17) is 14.6 Å². The molecular formula is C24H29N5O4S. The van der Waals surface area contributed by atoms with Crippen molar-refractivity contribution in [1.29, 1.82) is 5.26 Å². The third-order valence-electron chi connectivity index (χ3n) is 5.90. The van der Waals surface area contributed by atoms with Gasteiger partial charge in [-0.15, -0.1) is 5.48 Å². The zero-order valence-corrected chi connectivity index (χ0v) is 20.3. The van der Waals surface area contributed by atoms with E-state index in [0.717, 1.165) is 24.0 Å². The summed E-state index contributed by atoms with van der Waals surface area (Å²) in [5, 5.41) is 12.9. The Morgan fingerprint density at radius 1 is 1.29 bits per heavy atom. The molecular weight excluding hydrogens is 454 g/mol. The van der Waals surface area contributed by atoms with Crippen LogP contribution >= 0.6 is 0 Å². The average molecular weight is 484 g/mol. The lowest BCUT2D eigenvalue weighted by Crippen LogP contribution is -2.31. The van der Waals surface area contributed by atoms with Gasteiger partial charge in [-0.25, -0.2) is 18.1 Å². The van der Waals surface area contributed by atoms with Gasteiger partial charge in [-0.1, -0.05) is 18.2 Å². The molecule has 0 amide bonds. The number of nitriles is 1. The van der Waals surface area contributed by atoms with Crippen LogP contribution in [0.25, 0.3) is 0 Å². The minimum absolute atomic E-state index is 0.0322. The summed E-state index contributed by atoms with van der Waals surface area (Å²) in [6.45, 7) is 4.20. The molecule has 2 unspecified atom stereocenters. The normalized spacial score (nSPS) is 19.4. The van der Waals surface area contributed by atoms with Crippen molar-refractivity contribution in [2.75, 3.05) is 19.3 Å². The Bertz CT molecular complexity index is 1240. The number of hydrogen-bond acceptors (Lipinski definition) is 8. The molecule has 10 heteroatoms. The highest BCUT2D eigenvalue weighted by molar-refractivity contribution is 7.89. The molecule has 3 N–H and O–H groups in total. The Balaban J connectivity index is 1.51. The molecule has 0 saturated heterocycles. The van der Waals surface area contributed by atoms with Gasteiger partial charge < -0.3 is 14.9 Å². The minimum atomic E-state index is -3.24. The molecule has 4 rings (SSSR count). The van der Waals surface area contributed by atoms with E-state index in [9.17, 15) is 13.7 Å². The fourth-order valence-corrected chi connectivity index (χ4v) is 4.87. The quantitative estimate of drug-likeness (QED) is 0.500. The van der Waals surface area contributed by atoms with Crippen LogP contribution in [0.5, 0.6) is 5.75 Å². The number of ether oxygens (including phenoxy) is 1. The second-order valence-electron chi connectivity index (χ2n) is 8.53. The predicted molar refractivity (Wildman–Crippen MR) is 129 cm³/mol. The van der Waals surface area contributed by atoms with Crippen LogP contribution in [0.3, 0.4) is 0 Å². The van der Waals surface area contributed by atoms with Crippen molar-refractivity contribution < 1.29 is 18.0 Å². The maximum Gasteiger partial charge on any atom is 0.242 e. The van der Waals surface area contributed by atoms with Gasteiger partial charge in [0.15, 0.2) is 6.17 Å². The Kier molecular flexibility index (Phi) is 7.19. The summed E-state index contributed by atoms with van der Waals surface area (Å²) in [6, 6.07) is 13.7. The molecule has 180 valence electrons. The lowest BCUT2D eigenvalue weighted by Gasteiger charge is -2.16. The first-order valence-corrected chi connectivity index (χ1v) is 12.9. The highest BCUT2D eigenvalue weighted by Crippen LogP contribution is 2.37. The van der Waals surface area contributed by atoms with Crippen molar-refractivity contribution >= 4 is 15.9 Å². The summed E-state index contributed by atoms with van der Waals surface area (Å²) in [7, 11) is -1.82. The fourth-order valence-electron chi connectivity index (χ4n) is 4.28. The Morgan fingerprint density at radius 2 is 2.09 bits per heavy atom. The van der Waals surface area contributed by atoms with Crippen molar-refractivity contribution in [2.24, 2.45) is 4.99 Å². The molecule has 9 nitrogen and oxygen atoms in total. The summed E-state index contributed by atoms with van der Waals surface area (Å²) in [5.74, 6) is 0.985. The molecule has 2 aromatic rings. The van der Waals surface area contributed by atoms with Crippen LogP contribution in [-0.4, -0.2) is 39.8 Å². The van der Waals surface area contributed by atoms with Gasteiger partial charge in [0.2, 0.25) is 15.9 Å². The molecule has 1 heterocycles. The number of hydrogen-bond donors (Lipinski definition) is 3. The van der Waals surface area contributed by atoms with E-state index in [1.165, 1.54) is 12.6 Å². The van der Waals surface area contributed by atoms with Crippen LogP contribution in [0.1, 0.15) is 60.3 Å². The smallest absolute Gasteiger partial charge is 0.242 e. The van der Waals surface area contributed by atoms with Gasteiger partial charge in [-0.3, -0.25) is 0 Å². The van der Waals surface area contributed by atoms with E-state index < -0.39 is 10.0 Å². The standard InChI is InChI=1S/C24H29N5O4S/c1-15(2)32-22-10-7-16(13-17(22)14-25)24-28-23(29-33-24)20-6-4-5-19-18(20)8-9-21(19)27-11-12-34(30,31)26-3/h4-7,10,13,15,21,23,26-27,29H,8-9,11-12H2,1-3H3. The van der Waals surface area contributed by atoms with Gasteiger partial charge in [0, 0.05) is 18.2 Å². The zero-order valence-electron chi connectivity index (χ0n) is 19.5. The monoisotopic (exact) mass is 483 g/mol. The first-order valence-electron chi connectivity index (χ1n) is 11.3. The molecule has 1 aliphatic heterocycles. The lowest BCUT2D eigenvalue weighted by atomic mass is 10.0. The molecule has 0 spiro atoms. The van der Waals surface area contributed by atoms with Gasteiger partial charge in [-0.2, -0.15) is 5.26 Å². The van der Waals surface area contributed by atoms with E-state index in [1.807, 2.05) is 32.0 Å². The maximum atomic E-state index is 11.7. The Hall–Kier alpha value is -2.97. The fraction of sp³-hybridized carbons (Fsp3) is 0.417. The van der Waals surface area contributed by atoms with E-state index in [2.05, 4.69) is 27.7 Å². The first kappa shape index (κ1) is 24.2. The molecule has 2 aliphatic rings. The van der Waals surface area contributed by atoms with E-state index in [0.29, 0.717) is 29.3 Å². The molecule has 1 aliphatic carbocycles. The van der Waals surface area contributed by atoms with Crippen LogP contribution < -0.4 is 20.3 Å². The summed E-state index contributed by atoms with van der Waals surface area (Å²) < 4.78 is 31.4. The predicted octanol–water partition coefficient (Wildman–Crippen LogP) is 2.45. The van der Waals surface area contributed by atoms with Crippen molar-refractivity contribution in [1.82, 2.24) is 15.5 Å². The number of hydroxylamine groups is 1. The van der Waals surface area contributed by atoms with Gasteiger partial charge in [0.25, 0.3) is 0 Å². The van der Waals surface area contributed by atoms with Crippen LogP contribution in [0, 0.1) is 11.3 Å². The minimum Gasteiger partial charge on any atom is -0.490 e. The number of aliphatic imine (C=N–C) groups is 1. The lowest BCUT2D eigenvalue weighted by molar-refractivity contribution is 0.180. The average Bonchev–Trinajstić information content (AvgIpc) is 3.47. The molecule has 0 radical (unpaired) electrons. The second-order valence-corrected chi connectivity index (χ2v) is 10.6. The van der Waals surface area contributed by atoms with Crippen LogP contribution in [0.15, 0.2) is 41.4 Å². The highest BCUT2D eigenvalue weighted by Gasteiger charge is 2.30. The maximum absolute atomic E-state index is 11.7. The number of sulfonamides is 1. The number of nitrogens with zero attached hydrogens (tertiary/aromatic N) is 2. The largest absolute Gasteiger partial charge is 0.490 e. The van der Waals surface area contributed by atoms with Gasteiger partial charge >= 0.3 is 0 Å². The van der Waals surface area contributed by atoms with Crippen molar-refractivity contribution in [3.05, 3.63) is 64.2 Å². The number of benzene rings is 2. The summed E-state index contributed by atoms with van der Waals surface area (Å²) in [5.41, 5.74) is 7.50. The van der Waals surface area contributed by atoms with Gasteiger partial charge in [0.1, 0.15) is 11.8 Å². The first-order chi connectivity index (χ1) is 16.3. The zero-order chi connectivity index (χ0) is 24.3. The molecule has 0 aromatic heterocycles. The highest BCUT2D eigenvalue weighted by atomic mass is 32.2. The summed E-state index contributed by atoms with van der Waals surface area (Å²) >= 11 is 0. The Morgan fingerprint density at radius 3 is 2.82 bits per heavy atom. The summed E-state index contributed by atoms with van der Waals surface area (Å²) in [6.07, 6.45) is 1.35. The summed E-state index contributed by atoms with van der Waals surface area (Å²) in [4.78, 5) is 10.4. The Labute approximate surface area is 200 Å². The molecule has 0 fully saturated rings. The van der Waals surface area contributed by atoms with Crippen molar-refractivity contribution in [2.45, 2.75) is 45.0 Å². The third-order valence-corrected chi connectivity index (χ3v) is 7.26.